The summed E-state index contributed by atoms with van der Waals surface area (Å²) >= 11 is 3.39. The molecule has 1 atom stereocenters. The van der Waals surface area contributed by atoms with Gasteiger partial charge in [0, 0.05) is 14.6 Å². The van der Waals surface area contributed by atoms with Crippen molar-refractivity contribution in [2.24, 2.45) is 4.99 Å². The van der Waals surface area contributed by atoms with Crippen molar-refractivity contribution in [1.82, 2.24) is 15.7 Å². The van der Waals surface area contributed by atoms with Crippen LogP contribution in [0.5, 0.6) is 0 Å². The Morgan fingerprint density at radius 1 is 1.11 bits per heavy atom. The molecule has 1 aliphatic heterocycles. The number of hydrogen-bond acceptors (Lipinski definition) is 7. The van der Waals surface area contributed by atoms with Crippen molar-refractivity contribution < 1.29 is 4.84 Å². The summed E-state index contributed by atoms with van der Waals surface area (Å²) in [5.74, 6) is 0.716. The fraction of sp³-hybridized carbons (Fsp3) is 0.286. The van der Waals surface area contributed by atoms with Crippen LogP contribution < -0.4 is 5.48 Å². The van der Waals surface area contributed by atoms with Gasteiger partial charge in [-0.1, -0.05) is 30.0 Å². The zero-order valence-corrected chi connectivity index (χ0v) is 17.9. The average Bonchev–Trinajstić information content (AvgIpc) is 3.04. The van der Waals surface area contributed by atoms with Crippen LogP contribution in [0.2, 0.25) is 0 Å². The van der Waals surface area contributed by atoms with E-state index in [9.17, 15) is 0 Å². The molecule has 5 nitrogen and oxygen atoms in total. The van der Waals surface area contributed by atoms with Crippen LogP contribution in [0.3, 0.4) is 0 Å². The molecule has 2 aromatic heterocycles. The second kappa shape index (κ2) is 8.03. The predicted molar refractivity (Wildman–Crippen MR) is 114 cm³/mol. The van der Waals surface area contributed by atoms with Crippen molar-refractivity contribution in [3.05, 3.63) is 68.5 Å². The Morgan fingerprint density at radius 2 is 1.89 bits per heavy atom. The number of rotatable bonds is 4. The molecule has 0 aliphatic carbocycles. The van der Waals surface area contributed by atoms with E-state index in [1.807, 2.05) is 25.1 Å². The Labute approximate surface area is 173 Å². The van der Waals surface area contributed by atoms with Gasteiger partial charge in [-0.25, -0.2) is 5.48 Å². The van der Waals surface area contributed by atoms with Crippen molar-refractivity contribution in [3.63, 3.8) is 0 Å². The molecule has 0 saturated heterocycles. The van der Waals surface area contributed by atoms with Gasteiger partial charge in [-0.05, 0) is 57.0 Å². The monoisotopic (exact) mass is 410 g/mol. The summed E-state index contributed by atoms with van der Waals surface area (Å²) in [4.78, 5) is 14.4. The molecule has 28 heavy (non-hydrogen) atoms. The van der Waals surface area contributed by atoms with Crippen molar-refractivity contribution in [3.8, 4) is 0 Å². The van der Waals surface area contributed by atoms with Crippen LogP contribution >= 0.6 is 23.1 Å². The van der Waals surface area contributed by atoms with Gasteiger partial charge in [0.2, 0.25) is 0 Å². The second-order valence-corrected chi connectivity index (χ2v) is 9.30. The smallest absolute Gasteiger partial charge is 0.156 e. The maximum atomic E-state index is 5.73. The van der Waals surface area contributed by atoms with E-state index >= 15 is 0 Å². The highest BCUT2D eigenvalue weighted by Crippen LogP contribution is 2.34. The van der Waals surface area contributed by atoms with Crippen LogP contribution in [0.4, 0.5) is 0 Å². The van der Waals surface area contributed by atoms with E-state index < -0.39 is 0 Å². The lowest BCUT2D eigenvalue weighted by Gasteiger charge is -2.24. The first-order valence-electron chi connectivity index (χ1n) is 9.12. The van der Waals surface area contributed by atoms with Gasteiger partial charge in [0.05, 0.1) is 11.3 Å². The van der Waals surface area contributed by atoms with E-state index in [0.717, 1.165) is 26.7 Å². The summed E-state index contributed by atoms with van der Waals surface area (Å²) in [5, 5.41) is 9.62. The number of aromatic nitrogens is 2. The molecule has 7 heteroatoms. The fourth-order valence-corrected chi connectivity index (χ4v) is 5.13. The number of nitrogens with zero attached hydrogens (tertiary/aromatic N) is 3. The van der Waals surface area contributed by atoms with Gasteiger partial charge >= 0.3 is 0 Å². The summed E-state index contributed by atoms with van der Waals surface area (Å²) in [6.45, 7) is 8.81. The van der Waals surface area contributed by atoms with Crippen LogP contribution in [-0.4, -0.2) is 22.6 Å². The first-order chi connectivity index (χ1) is 13.5. The number of aryl methyl sites for hydroxylation is 3. The number of benzene rings is 1. The van der Waals surface area contributed by atoms with E-state index in [1.54, 1.807) is 23.1 Å². The van der Waals surface area contributed by atoms with E-state index in [1.165, 1.54) is 15.3 Å². The van der Waals surface area contributed by atoms with Gasteiger partial charge in [-0.15, -0.1) is 16.4 Å². The Kier molecular flexibility index (Phi) is 5.48. The number of nitrogens with one attached hydrogen (secondary N) is 1. The minimum atomic E-state index is -0.0244. The quantitative estimate of drug-likeness (QED) is 0.660. The highest BCUT2D eigenvalue weighted by molar-refractivity contribution is 7.99. The fourth-order valence-electron chi connectivity index (χ4n) is 3.20. The van der Waals surface area contributed by atoms with Gasteiger partial charge in [-0.3, -0.25) is 9.83 Å². The number of amidine groups is 1. The normalized spacial score (nSPS) is 16.6. The largest absolute Gasteiger partial charge is 0.272 e. The molecule has 0 unspecified atom stereocenters. The molecule has 0 spiro atoms. The molecule has 3 heterocycles. The van der Waals surface area contributed by atoms with Gasteiger partial charge in [0.25, 0.3) is 0 Å². The van der Waals surface area contributed by atoms with E-state index in [4.69, 9.17) is 9.83 Å². The standard InChI is InChI=1S/C21H22N4OS2/c1-12-10-17(15(4)27-12)18-11-26-25-20(22-18)19-13(2)14(3)23-24-21(19)28-16-8-6-5-7-9-16/h5-10,18H,11H2,1-4H3,(H,22,25)/t18-/m1/s1. The third kappa shape index (κ3) is 3.83. The lowest BCUT2D eigenvalue weighted by molar-refractivity contribution is 0.0620. The molecule has 1 N–H and O–H groups in total. The van der Waals surface area contributed by atoms with Gasteiger partial charge in [-0.2, -0.15) is 5.10 Å². The minimum absolute atomic E-state index is 0.0244. The second-order valence-electron chi connectivity index (χ2n) is 6.78. The van der Waals surface area contributed by atoms with Crippen molar-refractivity contribution in [1.29, 1.82) is 0 Å². The average molecular weight is 411 g/mol. The summed E-state index contributed by atoms with van der Waals surface area (Å²) in [5.41, 5.74) is 7.16. The highest BCUT2D eigenvalue weighted by atomic mass is 32.2. The van der Waals surface area contributed by atoms with Crippen LogP contribution in [0.25, 0.3) is 0 Å². The number of hydroxylamine groups is 1. The molecule has 4 rings (SSSR count). The predicted octanol–water partition coefficient (Wildman–Crippen LogP) is 4.95. The Balaban J connectivity index is 1.76. The number of hydrogen-bond donors (Lipinski definition) is 1. The highest BCUT2D eigenvalue weighted by Gasteiger charge is 2.25. The third-order valence-corrected chi connectivity index (χ3v) is 6.72. The maximum absolute atomic E-state index is 5.73. The lowest BCUT2D eigenvalue weighted by Crippen LogP contribution is -2.34. The number of thiophene rings is 1. The van der Waals surface area contributed by atoms with Crippen LogP contribution in [-0.2, 0) is 4.84 Å². The van der Waals surface area contributed by atoms with Crippen LogP contribution in [0, 0.1) is 27.7 Å². The zero-order chi connectivity index (χ0) is 19.7. The van der Waals surface area contributed by atoms with Crippen LogP contribution in [0.1, 0.15) is 38.2 Å². The molecule has 0 radical (unpaired) electrons. The van der Waals surface area contributed by atoms with Crippen molar-refractivity contribution >= 4 is 28.9 Å². The van der Waals surface area contributed by atoms with Crippen LogP contribution in [0.15, 0.2) is 51.3 Å². The van der Waals surface area contributed by atoms with Crippen molar-refractivity contribution in [2.75, 3.05) is 6.61 Å². The van der Waals surface area contributed by atoms with E-state index in [-0.39, 0.29) is 6.04 Å². The Morgan fingerprint density at radius 3 is 2.61 bits per heavy atom. The summed E-state index contributed by atoms with van der Waals surface area (Å²) in [7, 11) is 0. The van der Waals surface area contributed by atoms with Gasteiger partial charge in [0.15, 0.2) is 5.84 Å². The Hall–Kier alpha value is -2.22. The summed E-state index contributed by atoms with van der Waals surface area (Å²) in [6, 6.07) is 12.4. The molecule has 1 aliphatic rings. The maximum Gasteiger partial charge on any atom is 0.156 e. The molecular weight excluding hydrogens is 388 g/mol. The Bertz CT molecular complexity index is 1030. The zero-order valence-electron chi connectivity index (χ0n) is 16.3. The third-order valence-electron chi connectivity index (χ3n) is 4.75. The molecule has 0 saturated carbocycles. The number of aliphatic imine (C=N–C) groups is 1. The minimum Gasteiger partial charge on any atom is -0.272 e. The van der Waals surface area contributed by atoms with Crippen molar-refractivity contribution in [2.45, 2.75) is 43.7 Å². The molecule has 3 aromatic rings. The molecule has 144 valence electrons. The van der Waals surface area contributed by atoms with E-state index in [2.05, 4.69) is 54.6 Å². The van der Waals surface area contributed by atoms with Gasteiger partial charge in [0.1, 0.15) is 17.7 Å². The first-order valence-corrected chi connectivity index (χ1v) is 10.8. The molecule has 0 bridgehead atoms. The van der Waals surface area contributed by atoms with Gasteiger partial charge < -0.3 is 0 Å². The SMILES string of the molecule is Cc1cc([C@H]2CONC(c3c(Sc4ccccc4)nnc(C)c3C)=N2)c(C)s1. The molecule has 0 fully saturated rings. The molecule has 0 amide bonds. The molecule has 1 aromatic carbocycles. The van der Waals surface area contributed by atoms with E-state index in [0.29, 0.717) is 12.4 Å². The topological polar surface area (TPSA) is 59.4 Å². The molecular formula is C21H22N4OS2. The lowest BCUT2D eigenvalue weighted by atomic mass is 10.1. The summed E-state index contributed by atoms with van der Waals surface area (Å²) < 4.78 is 0. The first kappa shape index (κ1) is 19.1. The summed E-state index contributed by atoms with van der Waals surface area (Å²) in [6.07, 6.45) is 0.